The Balaban J connectivity index is 1.47. The number of ether oxygens (including phenoxy) is 1. The van der Waals surface area contributed by atoms with Gasteiger partial charge >= 0.3 is 0 Å². The van der Waals surface area contributed by atoms with Crippen LogP contribution in [0.4, 0.5) is 0 Å². The van der Waals surface area contributed by atoms with E-state index in [0.717, 1.165) is 17.9 Å². The van der Waals surface area contributed by atoms with E-state index in [4.69, 9.17) is 4.74 Å². The molecule has 21 heavy (non-hydrogen) atoms. The highest BCUT2D eigenvalue weighted by molar-refractivity contribution is 5.90. The van der Waals surface area contributed by atoms with E-state index < -0.39 is 6.10 Å². The lowest BCUT2D eigenvalue weighted by molar-refractivity contribution is 0.114. The summed E-state index contributed by atoms with van der Waals surface area (Å²) in [5, 5.41) is 10.0. The fraction of sp³-hybridized carbons (Fsp3) is 0.588. The lowest BCUT2D eigenvalue weighted by atomic mass is 9.86. The highest BCUT2D eigenvalue weighted by Crippen LogP contribution is 2.25. The van der Waals surface area contributed by atoms with Gasteiger partial charge in [-0.3, -0.25) is 9.89 Å². The molecule has 0 spiro atoms. The first-order valence-electron chi connectivity index (χ1n) is 7.84. The van der Waals surface area contributed by atoms with Crippen molar-refractivity contribution in [3.63, 3.8) is 0 Å². The molecule has 3 saturated heterocycles. The Hall–Kier alpha value is -1.39. The maximum atomic E-state index is 10.0. The quantitative estimate of drug-likeness (QED) is 0.900. The van der Waals surface area contributed by atoms with E-state index in [9.17, 15) is 5.11 Å². The van der Waals surface area contributed by atoms with Crippen LogP contribution >= 0.6 is 0 Å². The molecule has 1 N–H and O–H groups in total. The van der Waals surface area contributed by atoms with Crippen molar-refractivity contribution in [2.45, 2.75) is 25.9 Å². The van der Waals surface area contributed by atoms with E-state index in [2.05, 4.69) is 9.89 Å². The summed E-state index contributed by atoms with van der Waals surface area (Å²) in [6, 6.07) is 7.89. The molecule has 0 aliphatic carbocycles. The molecule has 1 aromatic rings. The molecule has 1 atom stereocenters. The van der Waals surface area contributed by atoms with Gasteiger partial charge in [-0.15, -0.1) is 0 Å². The third-order valence-corrected chi connectivity index (χ3v) is 4.38. The molecular weight excluding hydrogens is 264 g/mol. The Morgan fingerprint density at radius 1 is 1.38 bits per heavy atom. The number of rotatable bonds is 5. The topological polar surface area (TPSA) is 45.1 Å². The van der Waals surface area contributed by atoms with Crippen molar-refractivity contribution < 1.29 is 9.84 Å². The van der Waals surface area contributed by atoms with Gasteiger partial charge in [0.1, 0.15) is 18.5 Å². The number of aliphatic hydroxyl groups excluding tert-OH is 1. The number of benzene rings is 1. The molecule has 3 aliphatic heterocycles. The van der Waals surface area contributed by atoms with Gasteiger partial charge in [-0.25, -0.2) is 0 Å². The minimum absolute atomic E-state index is 0.300. The zero-order valence-corrected chi connectivity index (χ0v) is 12.7. The van der Waals surface area contributed by atoms with Crippen LogP contribution in [0.15, 0.2) is 29.3 Å². The molecule has 4 heteroatoms. The molecule has 2 bridgehead atoms. The van der Waals surface area contributed by atoms with E-state index >= 15 is 0 Å². The van der Waals surface area contributed by atoms with E-state index in [0.29, 0.717) is 19.1 Å². The van der Waals surface area contributed by atoms with Gasteiger partial charge in [0.05, 0.1) is 6.54 Å². The maximum Gasteiger partial charge on any atom is 0.119 e. The zero-order chi connectivity index (χ0) is 14.7. The maximum absolute atomic E-state index is 10.0. The average molecular weight is 288 g/mol. The number of aliphatic imine (C=N–C) groups is 1. The van der Waals surface area contributed by atoms with Crippen LogP contribution in [0.1, 0.15) is 18.4 Å². The zero-order valence-electron chi connectivity index (χ0n) is 12.7. The number of nitrogens with zero attached hydrogens (tertiary/aromatic N) is 2. The van der Waals surface area contributed by atoms with Crippen LogP contribution in [0.5, 0.6) is 5.75 Å². The molecule has 4 nitrogen and oxygen atoms in total. The molecule has 0 unspecified atom stereocenters. The average Bonchev–Trinajstić information content (AvgIpc) is 2.52. The van der Waals surface area contributed by atoms with Gasteiger partial charge in [0.15, 0.2) is 0 Å². The molecule has 3 heterocycles. The predicted molar refractivity (Wildman–Crippen MR) is 84.1 cm³/mol. The van der Waals surface area contributed by atoms with Crippen molar-refractivity contribution in [3.8, 4) is 5.75 Å². The summed E-state index contributed by atoms with van der Waals surface area (Å²) in [6.45, 7) is 6.20. The van der Waals surface area contributed by atoms with E-state index in [1.54, 1.807) is 0 Å². The summed E-state index contributed by atoms with van der Waals surface area (Å²) in [4.78, 5) is 7.09. The van der Waals surface area contributed by atoms with Crippen LogP contribution in [0.25, 0.3) is 0 Å². The van der Waals surface area contributed by atoms with Gasteiger partial charge < -0.3 is 9.84 Å². The van der Waals surface area contributed by atoms with Crippen LogP contribution in [-0.2, 0) is 0 Å². The Kier molecular flexibility index (Phi) is 4.56. The van der Waals surface area contributed by atoms with Gasteiger partial charge in [0.25, 0.3) is 0 Å². The first-order chi connectivity index (χ1) is 10.2. The largest absolute Gasteiger partial charge is 0.491 e. The summed E-state index contributed by atoms with van der Waals surface area (Å²) in [5.41, 5.74) is 2.44. The lowest BCUT2D eigenvalue weighted by Crippen LogP contribution is -2.48. The molecule has 0 amide bonds. The van der Waals surface area contributed by atoms with Crippen molar-refractivity contribution in [2.24, 2.45) is 10.9 Å². The molecule has 4 rings (SSSR count). The second-order valence-corrected chi connectivity index (χ2v) is 6.16. The van der Waals surface area contributed by atoms with E-state index in [1.165, 1.54) is 31.6 Å². The minimum atomic E-state index is -0.534. The summed E-state index contributed by atoms with van der Waals surface area (Å²) in [6.07, 6.45) is 1.93. The second-order valence-electron chi connectivity index (χ2n) is 6.16. The van der Waals surface area contributed by atoms with Gasteiger partial charge in [0, 0.05) is 18.2 Å². The monoisotopic (exact) mass is 288 g/mol. The fourth-order valence-electron chi connectivity index (χ4n) is 3.13. The number of aliphatic hydroxyl groups is 1. The van der Waals surface area contributed by atoms with Crippen molar-refractivity contribution in [3.05, 3.63) is 29.8 Å². The Morgan fingerprint density at radius 2 is 2.19 bits per heavy atom. The van der Waals surface area contributed by atoms with E-state index in [1.807, 2.05) is 31.2 Å². The molecule has 0 aromatic heterocycles. The second kappa shape index (κ2) is 6.58. The van der Waals surface area contributed by atoms with Crippen LogP contribution < -0.4 is 4.74 Å². The first kappa shape index (κ1) is 14.5. The lowest BCUT2D eigenvalue weighted by Gasteiger charge is -2.40. The van der Waals surface area contributed by atoms with E-state index in [-0.39, 0.29) is 0 Å². The Bertz CT molecular complexity index is 507. The van der Waals surface area contributed by atoms with Crippen molar-refractivity contribution in [1.82, 2.24) is 4.90 Å². The summed E-state index contributed by atoms with van der Waals surface area (Å²) in [5.74, 6) is 1.46. The number of fused-ring (bicyclic) bond motifs is 3. The SMILES string of the molecule is Cc1cccc(OC[C@H](O)CN=C2CN3CCC2CC3)c1. The molecule has 3 aliphatic rings. The molecule has 114 valence electrons. The highest BCUT2D eigenvalue weighted by Gasteiger charge is 2.30. The number of hydrogen-bond acceptors (Lipinski definition) is 4. The smallest absolute Gasteiger partial charge is 0.119 e. The van der Waals surface area contributed by atoms with Crippen molar-refractivity contribution >= 4 is 5.71 Å². The van der Waals surface area contributed by atoms with Crippen molar-refractivity contribution in [2.75, 3.05) is 32.8 Å². The van der Waals surface area contributed by atoms with Crippen LogP contribution in [0.3, 0.4) is 0 Å². The van der Waals surface area contributed by atoms with Gasteiger partial charge in [-0.05, 0) is 50.6 Å². The van der Waals surface area contributed by atoms with Crippen LogP contribution in [0.2, 0.25) is 0 Å². The third-order valence-electron chi connectivity index (χ3n) is 4.38. The number of hydrogen-bond donors (Lipinski definition) is 1. The van der Waals surface area contributed by atoms with Crippen LogP contribution in [0, 0.1) is 12.8 Å². The summed E-state index contributed by atoms with van der Waals surface area (Å²) >= 11 is 0. The predicted octanol–water partition coefficient (Wildman–Crippen LogP) is 1.90. The van der Waals surface area contributed by atoms with Gasteiger partial charge in [0.2, 0.25) is 0 Å². The third kappa shape index (κ3) is 3.83. The van der Waals surface area contributed by atoms with Gasteiger partial charge in [-0.1, -0.05) is 12.1 Å². The minimum Gasteiger partial charge on any atom is -0.491 e. The molecule has 1 aromatic carbocycles. The standard InChI is InChI=1S/C17H24N2O2/c1-13-3-2-4-16(9-13)21-12-15(20)10-18-17-11-19-7-5-14(17)6-8-19/h2-4,9,14-15,20H,5-8,10-12H2,1H3/t15-/m1/s1. The molecule has 3 fully saturated rings. The Morgan fingerprint density at radius 3 is 2.86 bits per heavy atom. The Labute approximate surface area is 126 Å². The summed E-state index contributed by atoms with van der Waals surface area (Å²) in [7, 11) is 0. The molecular formula is C17H24N2O2. The number of aryl methyl sites for hydroxylation is 1. The summed E-state index contributed by atoms with van der Waals surface area (Å²) < 4.78 is 5.62. The van der Waals surface area contributed by atoms with Gasteiger partial charge in [-0.2, -0.15) is 0 Å². The molecule has 0 radical (unpaired) electrons. The fourth-order valence-corrected chi connectivity index (χ4v) is 3.13. The normalized spacial score (nSPS) is 27.8. The number of piperidine rings is 3. The van der Waals surface area contributed by atoms with Crippen LogP contribution in [-0.4, -0.2) is 54.6 Å². The molecule has 0 saturated carbocycles. The van der Waals surface area contributed by atoms with Crippen molar-refractivity contribution in [1.29, 1.82) is 0 Å². The first-order valence-corrected chi connectivity index (χ1v) is 7.84. The highest BCUT2D eigenvalue weighted by atomic mass is 16.5.